The number of rotatable bonds is 3. The molecule has 0 amide bonds. The average Bonchev–Trinajstić information content (AvgIpc) is 2.79. The van der Waals surface area contributed by atoms with Gasteiger partial charge in [0.25, 0.3) is 0 Å². The second kappa shape index (κ2) is 3.80. The standard InChI is InChI=1S/C13H22O2/c1-4-13(2,3)12(14)15-11-8-9-5-6-10(11)7-9/h9-11H,4-8H2,1-3H3/t9?,10-,11?/m1/s1. The van der Waals surface area contributed by atoms with Crippen molar-refractivity contribution in [1.82, 2.24) is 0 Å². The van der Waals surface area contributed by atoms with Crippen molar-refractivity contribution in [3.63, 3.8) is 0 Å². The first-order chi connectivity index (χ1) is 7.03. The van der Waals surface area contributed by atoms with Crippen LogP contribution in [0.2, 0.25) is 0 Å². The molecule has 0 aromatic heterocycles. The Balaban J connectivity index is 1.90. The van der Waals surface area contributed by atoms with Crippen molar-refractivity contribution in [2.75, 3.05) is 0 Å². The third kappa shape index (κ3) is 2.04. The van der Waals surface area contributed by atoms with E-state index in [1.54, 1.807) is 0 Å². The molecule has 0 aromatic carbocycles. The second-order valence-corrected chi connectivity index (χ2v) is 5.86. The van der Waals surface area contributed by atoms with E-state index in [2.05, 4.69) is 0 Å². The molecule has 0 spiro atoms. The Hall–Kier alpha value is -0.530. The van der Waals surface area contributed by atoms with Crippen LogP contribution < -0.4 is 0 Å². The van der Waals surface area contributed by atoms with Crippen molar-refractivity contribution in [1.29, 1.82) is 0 Å². The van der Waals surface area contributed by atoms with E-state index in [-0.39, 0.29) is 17.5 Å². The normalized spacial score (nSPS) is 34.5. The zero-order valence-electron chi connectivity index (χ0n) is 10.1. The first-order valence-electron chi connectivity index (χ1n) is 6.24. The molecule has 86 valence electrons. The fourth-order valence-electron chi connectivity index (χ4n) is 2.77. The molecule has 2 heteroatoms. The lowest BCUT2D eigenvalue weighted by molar-refractivity contribution is -0.162. The molecule has 2 aliphatic rings. The Morgan fingerprint density at radius 1 is 1.33 bits per heavy atom. The minimum atomic E-state index is -0.304. The summed E-state index contributed by atoms with van der Waals surface area (Å²) in [5.74, 6) is 1.52. The quantitative estimate of drug-likeness (QED) is 0.669. The molecule has 0 radical (unpaired) electrons. The van der Waals surface area contributed by atoms with E-state index in [0.717, 1.165) is 18.8 Å². The summed E-state index contributed by atoms with van der Waals surface area (Å²) in [4.78, 5) is 11.9. The second-order valence-electron chi connectivity index (χ2n) is 5.86. The molecule has 0 aliphatic heterocycles. The number of carbonyl (C=O) groups is 1. The zero-order chi connectivity index (χ0) is 11.1. The molecule has 15 heavy (non-hydrogen) atoms. The highest BCUT2D eigenvalue weighted by atomic mass is 16.5. The van der Waals surface area contributed by atoms with Crippen molar-refractivity contribution in [3.8, 4) is 0 Å². The summed E-state index contributed by atoms with van der Waals surface area (Å²) in [6, 6.07) is 0. The lowest BCUT2D eigenvalue weighted by Crippen LogP contribution is -2.32. The first-order valence-corrected chi connectivity index (χ1v) is 6.24. The number of ether oxygens (including phenoxy) is 1. The monoisotopic (exact) mass is 210 g/mol. The van der Waals surface area contributed by atoms with Crippen LogP contribution in [-0.4, -0.2) is 12.1 Å². The van der Waals surface area contributed by atoms with E-state index in [9.17, 15) is 4.79 Å². The van der Waals surface area contributed by atoms with Gasteiger partial charge in [0.1, 0.15) is 6.10 Å². The highest BCUT2D eigenvalue weighted by molar-refractivity contribution is 5.76. The Morgan fingerprint density at radius 3 is 2.53 bits per heavy atom. The summed E-state index contributed by atoms with van der Waals surface area (Å²) in [5, 5.41) is 0. The molecule has 0 N–H and O–H groups in total. The van der Waals surface area contributed by atoms with Crippen molar-refractivity contribution >= 4 is 5.97 Å². The van der Waals surface area contributed by atoms with Crippen LogP contribution in [0.1, 0.15) is 52.9 Å². The van der Waals surface area contributed by atoms with Crippen LogP contribution in [0.3, 0.4) is 0 Å². The number of hydrogen-bond acceptors (Lipinski definition) is 2. The predicted octanol–water partition coefficient (Wildman–Crippen LogP) is 3.15. The maximum Gasteiger partial charge on any atom is 0.311 e. The lowest BCUT2D eigenvalue weighted by Gasteiger charge is -2.27. The van der Waals surface area contributed by atoms with Crippen LogP contribution in [0.5, 0.6) is 0 Å². The Bertz CT molecular complexity index is 257. The molecule has 2 rings (SSSR count). The molecular weight excluding hydrogens is 188 g/mol. The summed E-state index contributed by atoms with van der Waals surface area (Å²) in [5.41, 5.74) is -0.304. The predicted molar refractivity (Wildman–Crippen MR) is 59.4 cm³/mol. The summed E-state index contributed by atoms with van der Waals surface area (Å²) >= 11 is 0. The molecule has 0 aromatic rings. The van der Waals surface area contributed by atoms with Crippen LogP contribution >= 0.6 is 0 Å². The molecule has 2 unspecified atom stereocenters. The minimum absolute atomic E-state index is 0.00236. The zero-order valence-corrected chi connectivity index (χ0v) is 10.1. The number of hydrogen-bond donors (Lipinski definition) is 0. The van der Waals surface area contributed by atoms with Gasteiger partial charge in [-0.15, -0.1) is 0 Å². The Labute approximate surface area is 92.4 Å². The van der Waals surface area contributed by atoms with Gasteiger partial charge in [-0.1, -0.05) is 6.92 Å². The van der Waals surface area contributed by atoms with Gasteiger partial charge >= 0.3 is 5.97 Å². The fourth-order valence-corrected chi connectivity index (χ4v) is 2.77. The summed E-state index contributed by atoms with van der Waals surface area (Å²) in [7, 11) is 0. The minimum Gasteiger partial charge on any atom is -0.462 e. The maximum atomic E-state index is 11.9. The molecule has 2 saturated carbocycles. The molecule has 2 bridgehead atoms. The number of esters is 1. The topological polar surface area (TPSA) is 26.3 Å². The highest BCUT2D eigenvalue weighted by Gasteiger charge is 2.43. The molecule has 2 aliphatic carbocycles. The van der Waals surface area contributed by atoms with Crippen LogP contribution in [0.4, 0.5) is 0 Å². The van der Waals surface area contributed by atoms with Crippen molar-refractivity contribution in [2.24, 2.45) is 17.3 Å². The molecule has 2 fully saturated rings. The third-order valence-corrected chi connectivity index (χ3v) is 4.37. The van der Waals surface area contributed by atoms with E-state index < -0.39 is 0 Å². The highest BCUT2D eigenvalue weighted by Crippen LogP contribution is 2.46. The maximum absolute atomic E-state index is 11.9. The molecule has 3 atom stereocenters. The lowest BCUT2D eigenvalue weighted by atomic mass is 9.90. The van der Waals surface area contributed by atoms with Gasteiger partial charge in [0.05, 0.1) is 5.41 Å². The SMILES string of the molecule is CCC(C)(C)C(=O)OC1CC2CC[C@@H]1C2. The number of fused-ring (bicyclic) bond motifs is 2. The van der Waals surface area contributed by atoms with Gasteiger partial charge in [0.15, 0.2) is 0 Å². The molecule has 2 nitrogen and oxygen atoms in total. The van der Waals surface area contributed by atoms with E-state index in [1.807, 2.05) is 20.8 Å². The smallest absolute Gasteiger partial charge is 0.311 e. The van der Waals surface area contributed by atoms with Gasteiger partial charge in [0, 0.05) is 0 Å². The van der Waals surface area contributed by atoms with E-state index in [4.69, 9.17) is 4.74 Å². The fraction of sp³-hybridized carbons (Fsp3) is 0.923. The van der Waals surface area contributed by atoms with Crippen LogP contribution in [-0.2, 0) is 9.53 Å². The Kier molecular flexibility index (Phi) is 2.78. The summed E-state index contributed by atoms with van der Waals surface area (Å²) < 4.78 is 5.66. The number of carbonyl (C=O) groups excluding carboxylic acids is 1. The summed E-state index contributed by atoms with van der Waals surface area (Å²) in [6.07, 6.45) is 6.14. The third-order valence-electron chi connectivity index (χ3n) is 4.37. The van der Waals surface area contributed by atoms with Crippen LogP contribution in [0, 0.1) is 17.3 Å². The Morgan fingerprint density at radius 2 is 2.07 bits per heavy atom. The van der Waals surface area contributed by atoms with E-state index in [1.165, 1.54) is 19.3 Å². The van der Waals surface area contributed by atoms with Gasteiger partial charge in [-0.25, -0.2) is 0 Å². The van der Waals surface area contributed by atoms with Crippen LogP contribution in [0.25, 0.3) is 0 Å². The average molecular weight is 210 g/mol. The molecule has 0 saturated heterocycles. The van der Waals surface area contributed by atoms with Crippen molar-refractivity contribution < 1.29 is 9.53 Å². The first kappa shape index (κ1) is 11.0. The molecular formula is C13H22O2. The van der Waals surface area contributed by atoms with E-state index >= 15 is 0 Å². The van der Waals surface area contributed by atoms with Gasteiger partial charge in [-0.05, 0) is 57.8 Å². The van der Waals surface area contributed by atoms with Gasteiger partial charge in [-0.2, -0.15) is 0 Å². The molecule has 0 heterocycles. The largest absolute Gasteiger partial charge is 0.462 e. The van der Waals surface area contributed by atoms with Crippen molar-refractivity contribution in [2.45, 2.75) is 59.0 Å². The summed E-state index contributed by atoms with van der Waals surface area (Å²) in [6.45, 7) is 5.99. The van der Waals surface area contributed by atoms with Gasteiger partial charge < -0.3 is 4.74 Å². The van der Waals surface area contributed by atoms with Crippen molar-refractivity contribution in [3.05, 3.63) is 0 Å². The van der Waals surface area contributed by atoms with Gasteiger partial charge in [0.2, 0.25) is 0 Å². The van der Waals surface area contributed by atoms with Gasteiger partial charge in [-0.3, -0.25) is 4.79 Å². The van der Waals surface area contributed by atoms with E-state index in [0.29, 0.717) is 5.92 Å². The van der Waals surface area contributed by atoms with Crippen LogP contribution in [0.15, 0.2) is 0 Å².